The number of benzene rings is 1. The van der Waals surface area contributed by atoms with E-state index in [4.69, 9.17) is 16.9 Å². The molecule has 0 aliphatic rings. The molecule has 0 aliphatic carbocycles. The Morgan fingerprint density at radius 2 is 2.31 bits per heavy atom. The van der Waals surface area contributed by atoms with Crippen molar-refractivity contribution in [2.75, 3.05) is 7.05 Å². The molecule has 1 atom stereocenters. The summed E-state index contributed by atoms with van der Waals surface area (Å²) < 4.78 is 0.919. The van der Waals surface area contributed by atoms with Gasteiger partial charge >= 0.3 is 0 Å². The first-order chi connectivity index (χ1) is 6.19. The monoisotopic (exact) mass is 258 g/mol. The van der Waals surface area contributed by atoms with Gasteiger partial charge in [-0.3, -0.25) is 0 Å². The van der Waals surface area contributed by atoms with Crippen molar-refractivity contribution >= 4 is 27.5 Å². The highest BCUT2D eigenvalue weighted by molar-refractivity contribution is 9.10. The van der Waals surface area contributed by atoms with Crippen LogP contribution in [0.1, 0.15) is 11.6 Å². The predicted octanol–water partition coefficient (Wildman–Crippen LogP) is 2.89. The Morgan fingerprint density at radius 1 is 1.62 bits per heavy atom. The van der Waals surface area contributed by atoms with Gasteiger partial charge in [0.15, 0.2) is 0 Å². The Labute approximate surface area is 90.6 Å². The number of nitrogens with zero attached hydrogens (tertiary/aromatic N) is 1. The summed E-state index contributed by atoms with van der Waals surface area (Å²) in [7, 11) is 1.73. The molecule has 0 aromatic heterocycles. The van der Waals surface area contributed by atoms with Crippen LogP contribution in [-0.2, 0) is 0 Å². The molecule has 1 aromatic rings. The van der Waals surface area contributed by atoms with E-state index in [2.05, 4.69) is 27.3 Å². The van der Waals surface area contributed by atoms with Gasteiger partial charge < -0.3 is 5.32 Å². The second-order valence-corrected chi connectivity index (χ2v) is 3.84. The zero-order valence-electron chi connectivity index (χ0n) is 7.01. The average Bonchev–Trinajstić information content (AvgIpc) is 2.13. The van der Waals surface area contributed by atoms with E-state index in [0.717, 1.165) is 10.0 Å². The molecule has 13 heavy (non-hydrogen) atoms. The third-order valence-corrected chi connectivity index (χ3v) is 2.52. The third kappa shape index (κ3) is 2.44. The minimum atomic E-state index is -0.356. The van der Waals surface area contributed by atoms with Crippen molar-refractivity contribution in [2.45, 2.75) is 6.04 Å². The molecule has 0 fully saturated rings. The molecular weight excluding hydrogens is 251 g/mol. The summed E-state index contributed by atoms with van der Waals surface area (Å²) in [5.74, 6) is 0. The predicted molar refractivity (Wildman–Crippen MR) is 56.6 cm³/mol. The first-order valence-corrected chi connectivity index (χ1v) is 4.88. The summed E-state index contributed by atoms with van der Waals surface area (Å²) in [6.07, 6.45) is 0. The Balaban J connectivity index is 3.13. The van der Waals surface area contributed by atoms with E-state index < -0.39 is 0 Å². The fourth-order valence-electron chi connectivity index (χ4n) is 1.03. The van der Waals surface area contributed by atoms with Crippen LogP contribution in [0.5, 0.6) is 0 Å². The molecule has 4 heteroatoms. The SMILES string of the molecule is CNC(C#N)c1cc(Br)ccc1Cl. The van der Waals surface area contributed by atoms with Crippen molar-refractivity contribution < 1.29 is 0 Å². The topological polar surface area (TPSA) is 35.8 Å². The lowest BCUT2D eigenvalue weighted by atomic mass is 10.1. The highest BCUT2D eigenvalue weighted by atomic mass is 79.9. The molecule has 1 aromatic carbocycles. The number of halogens is 2. The van der Waals surface area contributed by atoms with Gasteiger partial charge in [0, 0.05) is 15.1 Å². The number of nitriles is 1. The van der Waals surface area contributed by atoms with Crippen molar-refractivity contribution in [1.82, 2.24) is 5.32 Å². The van der Waals surface area contributed by atoms with Gasteiger partial charge in [0.25, 0.3) is 0 Å². The van der Waals surface area contributed by atoms with Gasteiger partial charge in [0.05, 0.1) is 6.07 Å². The Hall–Kier alpha value is -0.560. The molecule has 68 valence electrons. The summed E-state index contributed by atoms with van der Waals surface area (Å²) in [5, 5.41) is 12.3. The lowest BCUT2D eigenvalue weighted by Crippen LogP contribution is -2.14. The standard InChI is InChI=1S/C9H8BrClN2/c1-13-9(5-12)7-4-6(10)2-3-8(7)11/h2-4,9,13H,1H3. The molecule has 0 amide bonds. The van der Waals surface area contributed by atoms with E-state index in [-0.39, 0.29) is 6.04 Å². The maximum absolute atomic E-state index is 8.81. The van der Waals surface area contributed by atoms with Gasteiger partial charge in [-0.15, -0.1) is 0 Å². The summed E-state index contributed by atoms with van der Waals surface area (Å²) in [6.45, 7) is 0. The van der Waals surface area contributed by atoms with Crippen LogP contribution in [0.4, 0.5) is 0 Å². The van der Waals surface area contributed by atoms with Crippen molar-refractivity contribution in [2.24, 2.45) is 0 Å². The lowest BCUT2D eigenvalue weighted by Gasteiger charge is -2.09. The maximum atomic E-state index is 8.81. The first kappa shape index (κ1) is 10.5. The highest BCUT2D eigenvalue weighted by Gasteiger charge is 2.11. The van der Waals surface area contributed by atoms with E-state index in [1.54, 1.807) is 13.1 Å². The van der Waals surface area contributed by atoms with E-state index in [1.807, 2.05) is 12.1 Å². The highest BCUT2D eigenvalue weighted by Crippen LogP contribution is 2.25. The molecule has 1 N–H and O–H groups in total. The van der Waals surface area contributed by atoms with Gasteiger partial charge in [0.2, 0.25) is 0 Å². The number of rotatable bonds is 2. The molecule has 0 spiro atoms. The van der Waals surface area contributed by atoms with Gasteiger partial charge in [-0.05, 0) is 25.2 Å². The van der Waals surface area contributed by atoms with Crippen molar-refractivity contribution in [1.29, 1.82) is 5.26 Å². The minimum Gasteiger partial charge on any atom is -0.301 e. The van der Waals surface area contributed by atoms with Gasteiger partial charge in [-0.25, -0.2) is 0 Å². The van der Waals surface area contributed by atoms with Crippen molar-refractivity contribution in [3.63, 3.8) is 0 Å². The van der Waals surface area contributed by atoms with Crippen LogP contribution >= 0.6 is 27.5 Å². The van der Waals surface area contributed by atoms with Crippen LogP contribution in [0.25, 0.3) is 0 Å². The number of hydrogen-bond donors (Lipinski definition) is 1. The molecule has 2 nitrogen and oxygen atoms in total. The van der Waals surface area contributed by atoms with Crippen LogP contribution in [-0.4, -0.2) is 7.05 Å². The molecular formula is C9H8BrClN2. The second kappa shape index (κ2) is 4.61. The van der Waals surface area contributed by atoms with Gasteiger partial charge in [-0.2, -0.15) is 5.26 Å². The molecule has 0 saturated carbocycles. The largest absolute Gasteiger partial charge is 0.301 e. The molecule has 0 aliphatic heterocycles. The fourth-order valence-corrected chi connectivity index (χ4v) is 1.63. The quantitative estimate of drug-likeness (QED) is 0.886. The molecule has 0 bridgehead atoms. The summed E-state index contributed by atoms with van der Waals surface area (Å²) in [6, 6.07) is 7.21. The number of hydrogen-bond acceptors (Lipinski definition) is 2. The van der Waals surface area contributed by atoms with Crippen LogP contribution < -0.4 is 5.32 Å². The maximum Gasteiger partial charge on any atom is 0.122 e. The van der Waals surface area contributed by atoms with Gasteiger partial charge in [-0.1, -0.05) is 27.5 Å². The normalized spacial score (nSPS) is 12.2. The zero-order chi connectivity index (χ0) is 9.84. The smallest absolute Gasteiger partial charge is 0.122 e. The summed E-state index contributed by atoms with van der Waals surface area (Å²) in [5.41, 5.74) is 0.793. The number of nitrogens with one attached hydrogen (secondary N) is 1. The third-order valence-electron chi connectivity index (χ3n) is 1.69. The summed E-state index contributed by atoms with van der Waals surface area (Å²) in [4.78, 5) is 0. The van der Waals surface area contributed by atoms with Crippen LogP contribution in [0, 0.1) is 11.3 Å². The van der Waals surface area contributed by atoms with Gasteiger partial charge in [0.1, 0.15) is 6.04 Å². The average molecular weight is 260 g/mol. The fraction of sp³-hybridized carbons (Fsp3) is 0.222. The zero-order valence-corrected chi connectivity index (χ0v) is 9.35. The second-order valence-electron chi connectivity index (χ2n) is 2.52. The molecule has 1 rings (SSSR count). The molecule has 0 saturated heterocycles. The molecule has 0 radical (unpaired) electrons. The van der Waals surface area contributed by atoms with E-state index in [1.165, 1.54) is 0 Å². The Kier molecular flexibility index (Phi) is 3.73. The Morgan fingerprint density at radius 3 is 2.85 bits per heavy atom. The van der Waals surface area contributed by atoms with E-state index >= 15 is 0 Å². The Bertz CT molecular complexity index is 346. The molecule has 0 heterocycles. The van der Waals surface area contributed by atoms with Crippen LogP contribution in [0.15, 0.2) is 22.7 Å². The van der Waals surface area contributed by atoms with Crippen molar-refractivity contribution in [3.05, 3.63) is 33.3 Å². The van der Waals surface area contributed by atoms with Crippen molar-refractivity contribution in [3.8, 4) is 6.07 Å². The first-order valence-electron chi connectivity index (χ1n) is 3.71. The van der Waals surface area contributed by atoms with Crippen LogP contribution in [0.2, 0.25) is 5.02 Å². The minimum absolute atomic E-state index is 0.356. The van der Waals surface area contributed by atoms with E-state index in [9.17, 15) is 0 Å². The molecule has 1 unspecified atom stereocenters. The van der Waals surface area contributed by atoms with Crippen LogP contribution in [0.3, 0.4) is 0 Å². The summed E-state index contributed by atoms with van der Waals surface area (Å²) >= 11 is 9.26. The van der Waals surface area contributed by atoms with E-state index in [0.29, 0.717) is 5.02 Å². The lowest BCUT2D eigenvalue weighted by molar-refractivity contribution is 0.727.